The second kappa shape index (κ2) is 3.87. The van der Waals surface area contributed by atoms with Crippen molar-refractivity contribution in [2.75, 3.05) is 0 Å². The summed E-state index contributed by atoms with van der Waals surface area (Å²) in [6.45, 7) is 1.93. The minimum atomic E-state index is 0.0584. The largest absolute Gasteiger partial charge is 0.324 e. The van der Waals surface area contributed by atoms with E-state index in [9.17, 15) is 0 Å². The van der Waals surface area contributed by atoms with Gasteiger partial charge >= 0.3 is 0 Å². The van der Waals surface area contributed by atoms with E-state index in [0.717, 1.165) is 23.6 Å². The molecule has 1 atom stereocenters. The Labute approximate surface area is 89.5 Å². The zero-order valence-electron chi connectivity index (χ0n) is 8.33. The highest BCUT2D eigenvalue weighted by molar-refractivity contribution is 6.30. The summed E-state index contributed by atoms with van der Waals surface area (Å²) in [5.41, 5.74) is 7.99. The molecule has 76 valence electrons. The van der Waals surface area contributed by atoms with Crippen LogP contribution in [0, 0.1) is 12.8 Å². The molecule has 1 saturated carbocycles. The average molecular weight is 211 g/mol. The molecule has 1 aromatic heterocycles. The number of aromatic nitrogens is 1. The molecule has 0 aliphatic heterocycles. The van der Waals surface area contributed by atoms with Crippen LogP contribution in [0.15, 0.2) is 12.1 Å². The van der Waals surface area contributed by atoms with Gasteiger partial charge in [-0.15, -0.1) is 0 Å². The van der Waals surface area contributed by atoms with Crippen LogP contribution in [0.2, 0.25) is 5.15 Å². The van der Waals surface area contributed by atoms with E-state index in [-0.39, 0.29) is 6.04 Å². The van der Waals surface area contributed by atoms with Crippen LogP contribution in [-0.2, 0) is 0 Å². The number of pyridine rings is 1. The van der Waals surface area contributed by atoms with Gasteiger partial charge in [0.15, 0.2) is 0 Å². The van der Waals surface area contributed by atoms with E-state index < -0.39 is 0 Å². The minimum absolute atomic E-state index is 0.0584. The lowest BCUT2D eigenvalue weighted by Crippen LogP contribution is -2.12. The fourth-order valence-electron chi connectivity index (χ4n) is 1.65. The van der Waals surface area contributed by atoms with E-state index in [1.165, 1.54) is 12.8 Å². The molecule has 1 aromatic rings. The number of nitrogens with two attached hydrogens (primary N) is 1. The molecule has 0 aromatic carbocycles. The average Bonchev–Trinajstić information content (AvgIpc) is 2.87. The molecule has 1 unspecified atom stereocenters. The molecule has 1 fully saturated rings. The molecule has 1 aliphatic rings. The van der Waals surface area contributed by atoms with Crippen molar-refractivity contribution < 1.29 is 0 Å². The molecular formula is C11H15ClN2. The van der Waals surface area contributed by atoms with Gasteiger partial charge in [0.1, 0.15) is 5.15 Å². The van der Waals surface area contributed by atoms with Crippen LogP contribution < -0.4 is 5.73 Å². The van der Waals surface area contributed by atoms with Crippen molar-refractivity contribution in [2.45, 2.75) is 32.2 Å². The van der Waals surface area contributed by atoms with E-state index in [0.29, 0.717) is 5.15 Å². The summed E-state index contributed by atoms with van der Waals surface area (Å²) in [7, 11) is 0. The quantitative estimate of drug-likeness (QED) is 0.780. The van der Waals surface area contributed by atoms with Crippen LogP contribution in [0.25, 0.3) is 0 Å². The topological polar surface area (TPSA) is 38.9 Å². The minimum Gasteiger partial charge on any atom is -0.324 e. The maximum atomic E-state index is 6.06. The molecule has 14 heavy (non-hydrogen) atoms. The van der Waals surface area contributed by atoms with Gasteiger partial charge in [-0.2, -0.15) is 0 Å². The van der Waals surface area contributed by atoms with E-state index >= 15 is 0 Å². The molecule has 0 radical (unpaired) electrons. The zero-order valence-corrected chi connectivity index (χ0v) is 9.09. The van der Waals surface area contributed by atoms with Crippen molar-refractivity contribution in [1.29, 1.82) is 0 Å². The molecule has 3 heteroatoms. The first-order valence-corrected chi connectivity index (χ1v) is 5.43. The molecule has 0 saturated heterocycles. The fourth-order valence-corrected chi connectivity index (χ4v) is 1.99. The Kier molecular flexibility index (Phi) is 2.75. The van der Waals surface area contributed by atoms with Crippen LogP contribution >= 0.6 is 11.6 Å². The molecule has 2 nitrogen and oxygen atoms in total. The van der Waals surface area contributed by atoms with Crippen LogP contribution in [0.5, 0.6) is 0 Å². The maximum Gasteiger partial charge on any atom is 0.134 e. The smallest absolute Gasteiger partial charge is 0.134 e. The van der Waals surface area contributed by atoms with Crippen LogP contribution in [0.4, 0.5) is 0 Å². The second-order valence-electron chi connectivity index (χ2n) is 4.12. The van der Waals surface area contributed by atoms with Gasteiger partial charge in [0.05, 0.1) is 0 Å². The Morgan fingerprint density at radius 1 is 1.57 bits per heavy atom. The third-order valence-electron chi connectivity index (χ3n) is 2.70. The normalized spacial score (nSPS) is 18.2. The Balaban J connectivity index is 2.13. The van der Waals surface area contributed by atoms with Crippen molar-refractivity contribution in [3.63, 3.8) is 0 Å². The summed E-state index contributed by atoms with van der Waals surface area (Å²) < 4.78 is 0. The summed E-state index contributed by atoms with van der Waals surface area (Å²) in [5.74, 6) is 0.822. The number of halogens is 1. The zero-order chi connectivity index (χ0) is 10.1. The van der Waals surface area contributed by atoms with E-state index in [1.807, 2.05) is 19.1 Å². The fraction of sp³-hybridized carbons (Fsp3) is 0.545. The molecule has 0 amide bonds. The van der Waals surface area contributed by atoms with Gasteiger partial charge in [0.2, 0.25) is 0 Å². The number of rotatable bonds is 3. The number of nitrogens with zero attached hydrogens (tertiary/aromatic N) is 1. The SMILES string of the molecule is Cc1ccc(C(N)CC2CC2)c(Cl)n1. The predicted molar refractivity (Wildman–Crippen MR) is 58.3 cm³/mol. The van der Waals surface area contributed by atoms with Crippen molar-refractivity contribution in [3.05, 3.63) is 28.5 Å². The summed E-state index contributed by atoms with van der Waals surface area (Å²) in [4.78, 5) is 4.21. The first-order valence-electron chi connectivity index (χ1n) is 5.05. The monoisotopic (exact) mass is 210 g/mol. The third kappa shape index (κ3) is 2.25. The summed E-state index contributed by atoms with van der Waals surface area (Å²) in [6.07, 6.45) is 3.69. The van der Waals surface area contributed by atoms with Gasteiger partial charge in [-0.3, -0.25) is 0 Å². The molecule has 2 rings (SSSR count). The Morgan fingerprint density at radius 2 is 2.29 bits per heavy atom. The van der Waals surface area contributed by atoms with Gasteiger partial charge in [0.25, 0.3) is 0 Å². The van der Waals surface area contributed by atoms with Crippen molar-refractivity contribution >= 4 is 11.6 Å². The van der Waals surface area contributed by atoms with Crippen molar-refractivity contribution in [3.8, 4) is 0 Å². The van der Waals surface area contributed by atoms with Gasteiger partial charge < -0.3 is 5.73 Å². The number of aryl methyl sites for hydroxylation is 1. The Hall–Kier alpha value is -0.600. The molecule has 1 heterocycles. The highest BCUT2D eigenvalue weighted by Crippen LogP contribution is 2.37. The standard InChI is InChI=1S/C11H15ClN2/c1-7-2-5-9(11(12)14-7)10(13)6-8-3-4-8/h2,5,8,10H,3-4,6,13H2,1H3. The van der Waals surface area contributed by atoms with Crippen molar-refractivity contribution in [1.82, 2.24) is 4.98 Å². The highest BCUT2D eigenvalue weighted by atomic mass is 35.5. The van der Waals surface area contributed by atoms with Gasteiger partial charge in [-0.05, 0) is 25.3 Å². The molecule has 1 aliphatic carbocycles. The first kappa shape index (κ1) is 9.94. The van der Waals surface area contributed by atoms with Gasteiger partial charge in [-0.25, -0.2) is 4.98 Å². The predicted octanol–water partition coefficient (Wildman–Crippen LogP) is 2.84. The van der Waals surface area contributed by atoms with Crippen LogP contribution in [0.3, 0.4) is 0 Å². The van der Waals surface area contributed by atoms with Crippen LogP contribution in [0.1, 0.15) is 36.6 Å². The van der Waals surface area contributed by atoms with Gasteiger partial charge in [0, 0.05) is 17.3 Å². The molecule has 0 spiro atoms. The Morgan fingerprint density at radius 3 is 2.86 bits per heavy atom. The summed E-state index contributed by atoms with van der Waals surface area (Å²) >= 11 is 6.04. The molecule has 0 bridgehead atoms. The molecular weight excluding hydrogens is 196 g/mol. The van der Waals surface area contributed by atoms with E-state index in [2.05, 4.69) is 4.98 Å². The maximum absolute atomic E-state index is 6.06. The van der Waals surface area contributed by atoms with Crippen molar-refractivity contribution in [2.24, 2.45) is 11.7 Å². The highest BCUT2D eigenvalue weighted by Gasteiger charge is 2.25. The lowest BCUT2D eigenvalue weighted by molar-refractivity contribution is 0.595. The lowest BCUT2D eigenvalue weighted by atomic mass is 10.0. The molecule has 2 N–H and O–H groups in total. The van der Waals surface area contributed by atoms with Gasteiger partial charge in [-0.1, -0.05) is 30.5 Å². The number of hydrogen-bond donors (Lipinski definition) is 1. The summed E-state index contributed by atoms with van der Waals surface area (Å²) in [6, 6.07) is 4.02. The Bertz CT molecular complexity index is 334. The van der Waals surface area contributed by atoms with E-state index in [4.69, 9.17) is 17.3 Å². The summed E-state index contributed by atoms with van der Waals surface area (Å²) in [5, 5.41) is 0.568. The second-order valence-corrected chi connectivity index (χ2v) is 4.48. The lowest BCUT2D eigenvalue weighted by Gasteiger charge is -2.12. The van der Waals surface area contributed by atoms with E-state index in [1.54, 1.807) is 0 Å². The first-order chi connectivity index (χ1) is 6.66. The third-order valence-corrected chi connectivity index (χ3v) is 3.00. The van der Waals surface area contributed by atoms with Crippen LogP contribution in [-0.4, -0.2) is 4.98 Å². The number of hydrogen-bond acceptors (Lipinski definition) is 2.